The highest BCUT2D eigenvalue weighted by atomic mass is 16.5. The SMILES string of the molecule is CC(C)c1ccc(C(C)(C)COCc2cccc(Oc3ccccc3)c2)cc1. The zero-order chi connectivity index (χ0) is 20.0. The first-order valence-corrected chi connectivity index (χ1v) is 9.94. The molecule has 28 heavy (non-hydrogen) atoms. The number of hydrogen-bond donors (Lipinski definition) is 0. The Kier molecular flexibility index (Phi) is 6.53. The van der Waals surface area contributed by atoms with Crippen LogP contribution in [0.2, 0.25) is 0 Å². The fourth-order valence-corrected chi connectivity index (χ4v) is 3.15. The van der Waals surface area contributed by atoms with Crippen LogP contribution in [0.4, 0.5) is 0 Å². The van der Waals surface area contributed by atoms with Crippen LogP contribution in [0.3, 0.4) is 0 Å². The van der Waals surface area contributed by atoms with Crippen LogP contribution in [0.25, 0.3) is 0 Å². The molecule has 0 N–H and O–H groups in total. The number of ether oxygens (including phenoxy) is 2. The summed E-state index contributed by atoms with van der Waals surface area (Å²) in [6.45, 7) is 10.1. The van der Waals surface area contributed by atoms with Gasteiger partial charge in [-0.15, -0.1) is 0 Å². The summed E-state index contributed by atoms with van der Waals surface area (Å²) < 4.78 is 12.0. The Hall–Kier alpha value is -2.58. The first-order chi connectivity index (χ1) is 13.4. The summed E-state index contributed by atoms with van der Waals surface area (Å²) in [5, 5.41) is 0. The third kappa shape index (κ3) is 5.46. The number of para-hydroxylation sites is 1. The quantitative estimate of drug-likeness (QED) is 0.419. The van der Waals surface area contributed by atoms with Crippen LogP contribution in [0, 0.1) is 0 Å². The Balaban J connectivity index is 1.57. The fraction of sp³-hybridized carbons (Fsp3) is 0.308. The van der Waals surface area contributed by atoms with Crippen LogP contribution in [0.15, 0.2) is 78.9 Å². The van der Waals surface area contributed by atoms with Crippen LogP contribution in [0.5, 0.6) is 11.5 Å². The van der Waals surface area contributed by atoms with Crippen molar-refractivity contribution in [1.29, 1.82) is 0 Å². The monoisotopic (exact) mass is 374 g/mol. The lowest BCUT2D eigenvalue weighted by Crippen LogP contribution is -2.24. The number of benzene rings is 3. The molecule has 146 valence electrons. The van der Waals surface area contributed by atoms with E-state index in [0.717, 1.165) is 17.1 Å². The van der Waals surface area contributed by atoms with Gasteiger partial charge in [-0.1, -0.05) is 82.3 Å². The van der Waals surface area contributed by atoms with Crippen molar-refractivity contribution in [2.75, 3.05) is 6.61 Å². The summed E-state index contributed by atoms with van der Waals surface area (Å²) >= 11 is 0. The third-order valence-electron chi connectivity index (χ3n) is 4.97. The lowest BCUT2D eigenvalue weighted by molar-refractivity contribution is 0.0824. The molecule has 0 saturated carbocycles. The first-order valence-electron chi connectivity index (χ1n) is 9.94. The Morgan fingerprint density at radius 3 is 2.14 bits per heavy atom. The fourth-order valence-electron chi connectivity index (χ4n) is 3.15. The maximum Gasteiger partial charge on any atom is 0.127 e. The topological polar surface area (TPSA) is 18.5 Å². The molecule has 0 spiro atoms. The Morgan fingerprint density at radius 1 is 0.786 bits per heavy atom. The zero-order valence-corrected chi connectivity index (χ0v) is 17.3. The maximum atomic E-state index is 6.07. The van der Waals surface area contributed by atoms with E-state index in [1.54, 1.807) is 0 Å². The second-order valence-electron chi connectivity index (χ2n) is 8.22. The van der Waals surface area contributed by atoms with Crippen molar-refractivity contribution in [2.24, 2.45) is 0 Å². The van der Waals surface area contributed by atoms with Crippen molar-refractivity contribution in [2.45, 2.75) is 45.6 Å². The minimum atomic E-state index is -0.0341. The molecule has 0 unspecified atom stereocenters. The van der Waals surface area contributed by atoms with Gasteiger partial charge in [-0.3, -0.25) is 0 Å². The molecule has 2 heteroatoms. The standard InChI is InChI=1S/C26H30O2/c1-20(2)22-13-15-23(16-14-22)26(3,4)19-27-18-21-9-8-12-25(17-21)28-24-10-6-5-7-11-24/h5-17,20H,18-19H2,1-4H3. The van der Waals surface area contributed by atoms with E-state index in [0.29, 0.717) is 19.1 Å². The van der Waals surface area contributed by atoms with Crippen molar-refractivity contribution in [3.63, 3.8) is 0 Å². The minimum Gasteiger partial charge on any atom is -0.457 e. The summed E-state index contributed by atoms with van der Waals surface area (Å²) in [5.41, 5.74) is 3.75. The maximum absolute atomic E-state index is 6.07. The molecule has 0 radical (unpaired) electrons. The normalized spacial score (nSPS) is 11.6. The van der Waals surface area contributed by atoms with Crippen molar-refractivity contribution < 1.29 is 9.47 Å². The lowest BCUT2D eigenvalue weighted by Gasteiger charge is -2.25. The van der Waals surface area contributed by atoms with Gasteiger partial charge in [0.2, 0.25) is 0 Å². The Labute approximate surface area is 169 Å². The van der Waals surface area contributed by atoms with Crippen LogP contribution in [0.1, 0.15) is 50.3 Å². The molecule has 3 aromatic carbocycles. The molecular formula is C26H30O2. The molecule has 0 aromatic heterocycles. The summed E-state index contributed by atoms with van der Waals surface area (Å²) in [5.74, 6) is 2.22. The zero-order valence-electron chi connectivity index (χ0n) is 17.3. The van der Waals surface area contributed by atoms with E-state index in [4.69, 9.17) is 9.47 Å². The van der Waals surface area contributed by atoms with E-state index in [1.165, 1.54) is 11.1 Å². The predicted molar refractivity (Wildman–Crippen MR) is 116 cm³/mol. The molecule has 0 saturated heterocycles. The van der Waals surface area contributed by atoms with Crippen molar-refractivity contribution in [3.05, 3.63) is 95.6 Å². The lowest BCUT2D eigenvalue weighted by atomic mass is 9.84. The van der Waals surface area contributed by atoms with Crippen LogP contribution in [-0.2, 0) is 16.8 Å². The summed E-state index contributed by atoms with van der Waals surface area (Å²) in [6, 6.07) is 26.8. The minimum absolute atomic E-state index is 0.0341. The van der Waals surface area contributed by atoms with Gasteiger partial charge in [-0.05, 0) is 46.9 Å². The Bertz CT molecular complexity index is 864. The highest BCUT2D eigenvalue weighted by Crippen LogP contribution is 2.27. The van der Waals surface area contributed by atoms with Gasteiger partial charge in [-0.2, -0.15) is 0 Å². The predicted octanol–water partition coefficient (Wildman–Crippen LogP) is 7.10. The van der Waals surface area contributed by atoms with Gasteiger partial charge in [0.15, 0.2) is 0 Å². The molecule has 0 heterocycles. The van der Waals surface area contributed by atoms with E-state index < -0.39 is 0 Å². The second-order valence-corrected chi connectivity index (χ2v) is 8.22. The average molecular weight is 375 g/mol. The first kappa shape index (κ1) is 20.2. The van der Waals surface area contributed by atoms with E-state index in [-0.39, 0.29) is 5.41 Å². The highest BCUT2D eigenvalue weighted by Gasteiger charge is 2.21. The smallest absolute Gasteiger partial charge is 0.127 e. The van der Waals surface area contributed by atoms with E-state index >= 15 is 0 Å². The van der Waals surface area contributed by atoms with E-state index in [2.05, 4.69) is 58.0 Å². The number of hydrogen-bond acceptors (Lipinski definition) is 2. The van der Waals surface area contributed by atoms with Crippen molar-refractivity contribution in [3.8, 4) is 11.5 Å². The molecule has 0 fully saturated rings. The molecular weight excluding hydrogens is 344 g/mol. The van der Waals surface area contributed by atoms with Crippen LogP contribution in [-0.4, -0.2) is 6.61 Å². The largest absolute Gasteiger partial charge is 0.457 e. The second kappa shape index (κ2) is 9.07. The van der Waals surface area contributed by atoms with Gasteiger partial charge in [-0.25, -0.2) is 0 Å². The van der Waals surface area contributed by atoms with Crippen molar-refractivity contribution in [1.82, 2.24) is 0 Å². The van der Waals surface area contributed by atoms with Gasteiger partial charge < -0.3 is 9.47 Å². The van der Waals surface area contributed by atoms with E-state index in [9.17, 15) is 0 Å². The summed E-state index contributed by atoms with van der Waals surface area (Å²) in [4.78, 5) is 0. The summed E-state index contributed by atoms with van der Waals surface area (Å²) in [6.07, 6.45) is 0. The van der Waals surface area contributed by atoms with E-state index in [1.807, 2.05) is 48.5 Å². The number of rotatable bonds is 8. The van der Waals surface area contributed by atoms with Gasteiger partial charge >= 0.3 is 0 Å². The molecule has 0 bridgehead atoms. The molecule has 3 aromatic rings. The Morgan fingerprint density at radius 2 is 1.46 bits per heavy atom. The van der Waals surface area contributed by atoms with Crippen LogP contribution >= 0.6 is 0 Å². The molecule has 0 aliphatic rings. The van der Waals surface area contributed by atoms with Crippen molar-refractivity contribution >= 4 is 0 Å². The average Bonchev–Trinajstić information content (AvgIpc) is 2.69. The highest BCUT2D eigenvalue weighted by molar-refractivity contribution is 5.34. The third-order valence-corrected chi connectivity index (χ3v) is 4.97. The molecule has 2 nitrogen and oxygen atoms in total. The molecule has 0 aliphatic heterocycles. The summed E-state index contributed by atoms with van der Waals surface area (Å²) in [7, 11) is 0. The van der Waals surface area contributed by atoms with Gasteiger partial charge in [0.1, 0.15) is 11.5 Å². The molecule has 0 amide bonds. The molecule has 3 rings (SSSR count). The van der Waals surface area contributed by atoms with Gasteiger partial charge in [0.25, 0.3) is 0 Å². The molecule has 0 atom stereocenters. The van der Waals surface area contributed by atoms with Gasteiger partial charge in [0, 0.05) is 5.41 Å². The van der Waals surface area contributed by atoms with Crippen LogP contribution < -0.4 is 4.74 Å². The van der Waals surface area contributed by atoms with Gasteiger partial charge in [0.05, 0.1) is 13.2 Å². The molecule has 0 aliphatic carbocycles.